The Bertz CT molecular complexity index is 643. The number of methoxy groups -OCH3 is 1. The molecule has 0 aliphatic carbocycles. The maximum absolute atomic E-state index is 11.9. The summed E-state index contributed by atoms with van der Waals surface area (Å²) in [6.45, 7) is 1.69. The average Bonchev–Trinajstić information content (AvgIpc) is 2.90. The molecule has 1 atom stereocenters. The second-order valence-corrected chi connectivity index (χ2v) is 5.75. The topological polar surface area (TPSA) is 110 Å². The molecule has 0 spiro atoms. The normalized spacial score (nSPS) is 11.9. The second kappa shape index (κ2) is 6.48. The van der Waals surface area contributed by atoms with E-state index in [0.29, 0.717) is 10.3 Å². The number of carbonyl (C=O) groups is 1. The van der Waals surface area contributed by atoms with Gasteiger partial charge in [-0.05, 0) is 6.92 Å². The van der Waals surface area contributed by atoms with Gasteiger partial charge in [0.1, 0.15) is 5.51 Å². The first-order valence-corrected chi connectivity index (χ1v) is 7.23. The number of carbonyl (C=O) groups excluding carboxylic acids is 1. The molecule has 106 valence electrons. The molecule has 2 rings (SSSR count). The van der Waals surface area contributed by atoms with Crippen molar-refractivity contribution in [1.29, 1.82) is 0 Å². The van der Waals surface area contributed by atoms with Crippen LogP contribution in [0, 0.1) is 0 Å². The first-order valence-electron chi connectivity index (χ1n) is 5.47. The van der Waals surface area contributed by atoms with Gasteiger partial charge in [0.05, 0.1) is 18.4 Å². The van der Waals surface area contributed by atoms with Gasteiger partial charge in [0.15, 0.2) is 5.16 Å². The van der Waals surface area contributed by atoms with Crippen LogP contribution in [0.1, 0.15) is 6.92 Å². The van der Waals surface area contributed by atoms with E-state index in [9.17, 15) is 9.59 Å². The Morgan fingerprint density at radius 2 is 2.40 bits per heavy atom. The van der Waals surface area contributed by atoms with Crippen LogP contribution in [-0.4, -0.2) is 38.4 Å². The number of anilines is 1. The zero-order chi connectivity index (χ0) is 14.5. The summed E-state index contributed by atoms with van der Waals surface area (Å²) in [5, 5.41) is 10.2. The SMILES string of the molecule is COc1cc(=O)[nH]c(S[C@@H](C)C(=O)Nc2nncs2)n1. The van der Waals surface area contributed by atoms with Crippen molar-refractivity contribution in [3.63, 3.8) is 0 Å². The number of nitrogens with one attached hydrogen (secondary N) is 2. The second-order valence-electron chi connectivity index (χ2n) is 3.59. The fourth-order valence-corrected chi connectivity index (χ4v) is 2.48. The van der Waals surface area contributed by atoms with Crippen molar-refractivity contribution >= 4 is 34.1 Å². The highest BCUT2D eigenvalue weighted by atomic mass is 32.2. The first-order chi connectivity index (χ1) is 9.58. The molecule has 0 bridgehead atoms. The molecule has 10 heteroatoms. The summed E-state index contributed by atoms with van der Waals surface area (Å²) in [6.07, 6.45) is 0. The molecule has 0 aromatic carbocycles. The van der Waals surface area contributed by atoms with Gasteiger partial charge < -0.3 is 9.72 Å². The molecule has 2 N–H and O–H groups in total. The summed E-state index contributed by atoms with van der Waals surface area (Å²) < 4.78 is 4.90. The summed E-state index contributed by atoms with van der Waals surface area (Å²) in [5.74, 6) is -0.0507. The molecule has 0 radical (unpaired) electrons. The molecule has 1 amide bonds. The summed E-state index contributed by atoms with van der Waals surface area (Å²) >= 11 is 2.34. The highest BCUT2D eigenvalue weighted by Crippen LogP contribution is 2.21. The molecule has 0 unspecified atom stereocenters. The smallest absolute Gasteiger partial charge is 0.255 e. The molecule has 2 aromatic rings. The minimum absolute atomic E-state index is 0.202. The molecule has 0 aliphatic rings. The molecule has 0 saturated carbocycles. The Labute approximate surface area is 122 Å². The number of thioether (sulfide) groups is 1. The Balaban J connectivity index is 2.03. The molecular formula is C10H11N5O3S2. The van der Waals surface area contributed by atoms with Gasteiger partial charge in [-0.25, -0.2) is 0 Å². The number of rotatable bonds is 5. The highest BCUT2D eigenvalue weighted by molar-refractivity contribution is 8.00. The lowest BCUT2D eigenvalue weighted by Crippen LogP contribution is -2.23. The van der Waals surface area contributed by atoms with Crippen LogP contribution >= 0.6 is 23.1 Å². The fourth-order valence-electron chi connectivity index (χ4n) is 1.23. The van der Waals surface area contributed by atoms with Crippen molar-refractivity contribution in [2.45, 2.75) is 17.3 Å². The van der Waals surface area contributed by atoms with Gasteiger partial charge in [0, 0.05) is 0 Å². The van der Waals surface area contributed by atoms with Crippen LogP contribution in [0.4, 0.5) is 5.13 Å². The molecule has 2 aromatic heterocycles. The van der Waals surface area contributed by atoms with Crippen LogP contribution in [0.3, 0.4) is 0 Å². The van der Waals surface area contributed by atoms with Crippen molar-refractivity contribution in [2.24, 2.45) is 0 Å². The van der Waals surface area contributed by atoms with Crippen molar-refractivity contribution in [3.05, 3.63) is 21.9 Å². The lowest BCUT2D eigenvalue weighted by molar-refractivity contribution is -0.115. The van der Waals surface area contributed by atoms with Crippen LogP contribution in [-0.2, 0) is 4.79 Å². The van der Waals surface area contributed by atoms with E-state index in [-0.39, 0.29) is 17.3 Å². The number of hydrogen-bond donors (Lipinski definition) is 2. The minimum Gasteiger partial charge on any atom is -0.481 e. The van der Waals surface area contributed by atoms with Crippen molar-refractivity contribution in [1.82, 2.24) is 20.2 Å². The number of aromatic nitrogens is 4. The van der Waals surface area contributed by atoms with E-state index < -0.39 is 5.25 Å². The van der Waals surface area contributed by atoms with E-state index in [0.717, 1.165) is 11.8 Å². The Morgan fingerprint density at radius 1 is 1.60 bits per heavy atom. The Morgan fingerprint density at radius 3 is 3.05 bits per heavy atom. The van der Waals surface area contributed by atoms with Gasteiger partial charge in [0.2, 0.25) is 16.9 Å². The third kappa shape index (κ3) is 3.78. The summed E-state index contributed by atoms with van der Waals surface area (Å²) in [4.78, 5) is 29.9. The number of nitrogens with zero attached hydrogens (tertiary/aromatic N) is 3. The molecule has 0 aliphatic heterocycles. The van der Waals surface area contributed by atoms with E-state index in [2.05, 4.69) is 25.5 Å². The predicted molar refractivity (Wildman–Crippen MR) is 75.3 cm³/mol. The lowest BCUT2D eigenvalue weighted by atomic mass is 10.4. The van der Waals surface area contributed by atoms with Gasteiger partial charge in [-0.3, -0.25) is 14.9 Å². The van der Waals surface area contributed by atoms with Gasteiger partial charge in [-0.15, -0.1) is 10.2 Å². The molecular weight excluding hydrogens is 302 g/mol. The van der Waals surface area contributed by atoms with Crippen LogP contribution < -0.4 is 15.6 Å². The monoisotopic (exact) mass is 313 g/mol. The van der Waals surface area contributed by atoms with E-state index in [4.69, 9.17) is 4.74 Å². The quantitative estimate of drug-likeness (QED) is 0.619. The first kappa shape index (κ1) is 14.5. The standard InChI is InChI=1S/C10H11N5O3S2/c1-5(8(17)14-10-15-11-4-19-10)20-9-12-6(16)3-7(13-9)18-2/h3-5H,1-2H3,(H,12,13,16)(H,14,15,17)/t5-/m0/s1. The van der Waals surface area contributed by atoms with E-state index in [1.807, 2.05) is 0 Å². The summed E-state index contributed by atoms with van der Waals surface area (Å²) in [7, 11) is 1.42. The Hall–Kier alpha value is -1.94. The fraction of sp³-hybridized carbons (Fsp3) is 0.300. The van der Waals surface area contributed by atoms with Crippen molar-refractivity contribution in [2.75, 3.05) is 12.4 Å². The lowest BCUT2D eigenvalue weighted by Gasteiger charge is -2.09. The minimum atomic E-state index is -0.464. The Kier molecular flexibility index (Phi) is 4.69. The number of ether oxygens (including phenoxy) is 1. The molecule has 0 saturated heterocycles. The third-order valence-electron chi connectivity index (χ3n) is 2.15. The van der Waals surface area contributed by atoms with Crippen LogP contribution in [0.5, 0.6) is 5.88 Å². The molecule has 0 fully saturated rings. The summed E-state index contributed by atoms with van der Waals surface area (Å²) in [5.41, 5.74) is 1.19. The largest absolute Gasteiger partial charge is 0.481 e. The number of hydrogen-bond acceptors (Lipinski definition) is 8. The third-order valence-corrected chi connectivity index (χ3v) is 3.74. The zero-order valence-corrected chi connectivity index (χ0v) is 12.2. The number of aromatic amines is 1. The maximum atomic E-state index is 11.9. The summed E-state index contributed by atoms with van der Waals surface area (Å²) in [6, 6.07) is 1.23. The van der Waals surface area contributed by atoms with Gasteiger partial charge >= 0.3 is 0 Å². The highest BCUT2D eigenvalue weighted by Gasteiger charge is 2.17. The van der Waals surface area contributed by atoms with Crippen molar-refractivity contribution < 1.29 is 9.53 Å². The average molecular weight is 313 g/mol. The van der Waals surface area contributed by atoms with E-state index in [1.54, 1.807) is 6.92 Å². The zero-order valence-electron chi connectivity index (χ0n) is 10.6. The number of H-pyrrole nitrogens is 1. The number of amides is 1. The van der Waals surface area contributed by atoms with Crippen LogP contribution in [0.2, 0.25) is 0 Å². The molecule has 8 nitrogen and oxygen atoms in total. The molecule has 20 heavy (non-hydrogen) atoms. The van der Waals surface area contributed by atoms with Crippen LogP contribution in [0.25, 0.3) is 0 Å². The van der Waals surface area contributed by atoms with E-state index in [1.165, 1.54) is 30.0 Å². The van der Waals surface area contributed by atoms with Gasteiger partial charge in [-0.2, -0.15) is 4.98 Å². The van der Waals surface area contributed by atoms with Gasteiger partial charge in [-0.1, -0.05) is 23.1 Å². The van der Waals surface area contributed by atoms with Gasteiger partial charge in [0.25, 0.3) is 5.56 Å². The maximum Gasteiger partial charge on any atom is 0.255 e. The van der Waals surface area contributed by atoms with Crippen LogP contribution in [0.15, 0.2) is 21.5 Å². The molecule has 2 heterocycles. The predicted octanol–water partition coefficient (Wildman–Crippen LogP) is 0.749. The van der Waals surface area contributed by atoms with E-state index >= 15 is 0 Å². The van der Waals surface area contributed by atoms with Crippen molar-refractivity contribution in [3.8, 4) is 5.88 Å².